The molecule has 0 aliphatic heterocycles. The lowest BCUT2D eigenvalue weighted by molar-refractivity contribution is 0.660. The van der Waals surface area contributed by atoms with Gasteiger partial charge in [-0.1, -0.05) is 244 Å². The van der Waals surface area contributed by atoms with Gasteiger partial charge < -0.3 is 4.90 Å². The number of hydrogen-bond donors (Lipinski definition) is 0. The Morgan fingerprint density at radius 2 is 0.462 bits per heavy atom. The fraction of sp³-hybridized carbons (Fsp3) is 0.0649. The highest BCUT2D eigenvalue weighted by molar-refractivity contribution is 5.99. The molecule has 2 spiro atoms. The Hall–Kier alpha value is -9.56. The average molecular weight is 990 g/mol. The highest BCUT2D eigenvalue weighted by Gasteiger charge is 2.53. The van der Waals surface area contributed by atoms with Crippen LogP contribution in [-0.4, -0.2) is 0 Å². The zero-order chi connectivity index (χ0) is 51.5. The number of nitrogens with zero attached hydrogens (tertiary/aromatic N) is 1. The van der Waals surface area contributed by atoms with Crippen LogP contribution in [0.2, 0.25) is 0 Å². The van der Waals surface area contributed by atoms with Gasteiger partial charge in [0, 0.05) is 22.5 Å². The molecule has 0 heterocycles. The molecule has 0 amide bonds. The lowest BCUT2D eigenvalue weighted by Gasteiger charge is -2.34. The summed E-state index contributed by atoms with van der Waals surface area (Å²) in [7, 11) is 0. The second-order valence-electron chi connectivity index (χ2n) is 22.6. The summed E-state index contributed by atoms with van der Waals surface area (Å²) >= 11 is 0. The molecule has 5 aliphatic carbocycles. The van der Waals surface area contributed by atoms with Gasteiger partial charge in [0.15, 0.2) is 0 Å². The molecule has 1 heteroatoms. The van der Waals surface area contributed by atoms with Crippen LogP contribution in [-0.2, 0) is 16.2 Å². The van der Waals surface area contributed by atoms with E-state index >= 15 is 0 Å². The average Bonchev–Trinajstić information content (AvgIpc) is 4.41. The zero-order valence-electron chi connectivity index (χ0n) is 43.4. The summed E-state index contributed by atoms with van der Waals surface area (Å²) < 4.78 is 0. The first kappa shape index (κ1) is 43.7. The molecule has 0 N–H and O–H groups in total. The maximum Gasteiger partial charge on any atom is 0.0726 e. The smallest absolute Gasteiger partial charge is 0.0726 e. The number of hydrogen-bond acceptors (Lipinski definition) is 1. The Morgan fingerprint density at radius 1 is 0.205 bits per heavy atom. The molecule has 0 fully saturated rings. The first-order chi connectivity index (χ1) is 38.4. The minimum atomic E-state index is -0.483. The summed E-state index contributed by atoms with van der Waals surface area (Å²) in [5, 5.41) is 0. The van der Waals surface area contributed by atoms with Gasteiger partial charge in [-0.15, -0.1) is 0 Å². The first-order valence-electron chi connectivity index (χ1n) is 27.6. The first-order valence-corrected chi connectivity index (χ1v) is 27.6. The van der Waals surface area contributed by atoms with Crippen LogP contribution >= 0.6 is 0 Å². The molecular formula is C77H51N. The number of rotatable bonds is 5. The van der Waals surface area contributed by atoms with Crippen molar-refractivity contribution in [3.63, 3.8) is 0 Å². The highest BCUT2D eigenvalue weighted by Crippen LogP contribution is 2.66. The summed E-state index contributed by atoms with van der Waals surface area (Å²) in [4.78, 5) is 2.58. The van der Waals surface area contributed by atoms with Crippen LogP contribution in [0.5, 0.6) is 0 Å². The zero-order valence-corrected chi connectivity index (χ0v) is 43.4. The van der Waals surface area contributed by atoms with Gasteiger partial charge in [0.05, 0.1) is 10.8 Å². The van der Waals surface area contributed by atoms with Gasteiger partial charge in [-0.3, -0.25) is 0 Å². The fourth-order valence-corrected chi connectivity index (χ4v) is 15.4. The Bertz CT molecular complexity index is 4210. The van der Waals surface area contributed by atoms with Crippen molar-refractivity contribution in [2.24, 2.45) is 0 Å². The molecule has 17 rings (SSSR count). The van der Waals surface area contributed by atoms with Crippen LogP contribution in [0.1, 0.15) is 69.5 Å². The maximum atomic E-state index is 2.58. The standard InChI is InChI=1S/C77H51N/c1-75(2)71-44-51(50-34-32-49(33-35-50)48-18-4-3-5-19-48)36-40-61(71)62-41-37-52(45-72(62)75)78(53-38-42-63-59-24-10-16-30-69(59)76(73(63)46-53)65-26-12-6-20-55(65)56-21-7-13-27-66(56)76)54-39-43-64-60-25-11-17-31-70(60)77(74(64)47-54)67-28-14-8-22-57(67)58-23-9-15-29-68(58)77/h3-47H,1-2H3. The number of anilines is 3. The molecule has 0 aromatic heterocycles. The van der Waals surface area contributed by atoms with Crippen LogP contribution in [0, 0.1) is 0 Å². The van der Waals surface area contributed by atoms with Crippen molar-refractivity contribution in [1.29, 1.82) is 0 Å². The molecule has 78 heavy (non-hydrogen) atoms. The monoisotopic (exact) mass is 989 g/mol. The number of fused-ring (bicyclic) bond motifs is 23. The van der Waals surface area contributed by atoms with E-state index in [1.807, 2.05) is 0 Å². The molecule has 0 atom stereocenters. The van der Waals surface area contributed by atoms with E-state index in [-0.39, 0.29) is 5.41 Å². The van der Waals surface area contributed by atoms with E-state index in [1.165, 1.54) is 134 Å². The molecule has 0 saturated heterocycles. The second kappa shape index (κ2) is 15.8. The molecule has 0 saturated carbocycles. The van der Waals surface area contributed by atoms with E-state index < -0.39 is 10.8 Å². The molecule has 12 aromatic rings. The van der Waals surface area contributed by atoms with E-state index in [0.717, 1.165) is 17.1 Å². The van der Waals surface area contributed by atoms with Crippen molar-refractivity contribution in [2.75, 3.05) is 4.90 Å². The normalized spacial score (nSPS) is 14.8. The third-order valence-corrected chi connectivity index (χ3v) is 18.7. The second-order valence-corrected chi connectivity index (χ2v) is 22.6. The summed E-state index contributed by atoms with van der Waals surface area (Å²) in [6.45, 7) is 4.84. The number of benzene rings is 12. The van der Waals surface area contributed by atoms with E-state index in [0.29, 0.717) is 0 Å². The van der Waals surface area contributed by atoms with Gasteiger partial charge in [0.25, 0.3) is 0 Å². The Kier molecular flexibility index (Phi) is 8.82. The minimum Gasteiger partial charge on any atom is -0.310 e. The van der Waals surface area contributed by atoms with Crippen molar-refractivity contribution in [3.05, 3.63) is 329 Å². The molecule has 0 radical (unpaired) electrons. The largest absolute Gasteiger partial charge is 0.310 e. The highest BCUT2D eigenvalue weighted by atomic mass is 15.1. The van der Waals surface area contributed by atoms with Crippen molar-refractivity contribution in [2.45, 2.75) is 30.1 Å². The van der Waals surface area contributed by atoms with Gasteiger partial charge in [-0.2, -0.15) is 0 Å². The van der Waals surface area contributed by atoms with Crippen LogP contribution in [0.25, 0.3) is 77.9 Å². The predicted octanol–water partition coefficient (Wildman–Crippen LogP) is 19.5. The molecule has 0 unspecified atom stereocenters. The predicted molar refractivity (Wildman–Crippen MR) is 322 cm³/mol. The fourth-order valence-electron chi connectivity index (χ4n) is 15.4. The molecule has 0 bridgehead atoms. The lowest BCUT2D eigenvalue weighted by atomic mass is 9.70. The Labute approximate surface area is 456 Å². The van der Waals surface area contributed by atoms with Gasteiger partial charge >= 0.3 is 0 Å². The quantitative estimate of drug-likeness (QED) is 0.166. The van der Waals surface area contributed by atoms with Gasteiger partial charge in [0.1, 0.15) is 0 Å². The van der Waals surface area contributed by atoms with Crippen LogP contribution < -0.4 is 4.90 Å². The molecule has 1 nitrogen and oxygen atoms in total. The van der Waals surface area contributed by atoms with Crippen molar-refractivity contribution >= 4 is 17.1 Å². The Morgan fingerprint density at radius 3 is 0.846 bits per heavy atom. The van der Waals surface area contributed by atoms with Gasteiger partial charge in [0.2, 0.25) is 0 Å². The van der Waals surface area contributed by atoms with Crippen LogP contribution in [0.4, 0.5) is 17.1 Å². The third kappa shape index (κ3) is 5.55. The summed E-state index contributed by atoms with van der Waals surface area (Å²) in [6.07, 6.45) is 0. The molecular weight excluding hydrogens is 939 g/mol. The molecule has 12 aromatic carbocycles. The SMILES string of the molecule is CC1(C)c2cc(-c3ccc(-c4ccccc4)cc3)ccc2-c2ccc(N(c3ccc4c(c3)C3(c5ccccc5-c5ccccc53)c3ccccc3-4)c3ccc4c(c3)C3(c5ccccc5-c5ccccc53)c3ccccc3-4)cc21. The van der Waals surface area contributed by atoms with Crippen molar-refractivity contribution in [1.82, 2.24) is 0 Å². The lowest BCUT2D eigenvalue weighted by Crippen LogP contribution is -2.26. The summed E-state index contributed by atoms with van der Waals surface area (Å²) in [5.41, 5.74) is 33.6. The van der Waals surface area contributed by atoms with Gasteiger partial charge in [-0.05, 0) is 176 Å². The van der Waals surface area contributed by atoms with Gasteiger partial charge in [-0.25, -0.2) is 0 Å². The van der Waals surface area contributed by atoms with Crippen LogP contribution in [0.15, 0.2) is 273 Å². The van der Waals surface area contributed by atoms with E-state index in [2.05, 4.69) is 292 Å². The van der Waals surface area contributed by atoms with E-state index in [1.54, 1.807) is 0 Å². The summed E-state index contributed by atoms with van der Waals surface area (Å²) in [6, 6.07) is 104. The molecule has 5 aliphatic rings. The van der Waals surface area contributed by atoms with Crippen molar-refractivity contribution < 1.29 is 0 Å². The van der Waals surface area contributed by atoms with Crippen molar-refractivity contribution in [3.8, 4) is 77.9 Å². The molecule has 364 valence electrons. The van der Waals surface area contributed by atoms with Crippen LogP contribution in [0.3, 0.4) is 0 Å². The van der Waals surface area contributed by atoms with E-state index in [9.17, 15) is 0 Å². The third-order valence-electron chi connectivity index (χ3n) is 18.7. The van der Waals surface area contributed by atoms with E-state index in [4.69, 9.17) is 0 Å². The summed E-state index contributed by atoms with van der Waals surface area (Å²) in [5.74, 6) is 0. The maximum absolute atomic E-state index is 2.58. The Balaban J connectivity index is 0.880. The minimum absolute atomic E-state index is 0.270. The topological polar surface area (TPSA) is 3.24 Å².